The van der Waals surface area contributed by atoms with Crippen molar-refractivity contribution < 1.29 is 14.3 Å². The van der Waals surface area contributed by atoms with Gasteiger partial charge in [0.25, 0.3) is 0 Å². The van der Waals surface area contributed by atoms with Gasteiger partial charge in [0, 0.05) is 32.5 Å². The fourth-order valence-electron chi connectivity index (χ4n) is 2.76. The van der Waals surface area contributed by atoms with Gasteiger partial charge in [-0.2, -0.15) is 0 Å². The molecule has 0 bridgehead atoms. The first kappa shape index (κ1) is 16.3. The van der Waals surface area contributed by atoms with E-state index in [1.165, 1.54) is 0 Å². The van der Waals surface area contributed by atoms with E-state index in [4.69, 9.17) is 4.74 Å². The van der Waals surface area contributed by atoms with Crippen LogP contribution in [0.25, 0.3) is 0 Å². The predicted octanol–water partition coefficient (Wildman–Crippen LogP) is 1.61. The Morgan fingerprint density at radius 3 is 2.68 bits per heavy atom. The number of hydrogen-bond donors (Lipinski definition) is 1. The summed E-state index contributed by atoms with van der Waals surface area (Å²) >= 11 is 0. The van der Waals surface area contributed by atoms with E-state index in [0.717, 1.165) is 30.6 Å². The Balaban J connectivity index is 1.73. The first-order valence-corrected chi connectivity index (χ1v) is 7.76. The van der Waals surface area contributed by atoms with Gasteiger partial charge >= 0.3 is 0 Å². The second kappa shape index (κ2) is 7.82. The highest BCUT2D eigenvalue weighted by Gasteiger charge is 2.25. The summed E-state index contributed by atoms with van der Waals surface area (Å²) in [6, 6.07) is 7.87. The van der Waals surface area contributed by atoms with Crippen molar-refractivity contribution >= 4 is 11.8 Å². The smallest absolute Gasteiger partial charge is 0.223 e. The first-order valence-electron chi connectivity index (χ1n) is 7.76. The van der Waals surface area contributed by atoms with Crippen molar-refractivity contribution in [3.8, 4) is 5.75 Å². The van der Waals surface area contributed by atoms with Gasteiger partial charge in [-0.25, -0.2) is 0 Å². The number of amides is 2. The number of benzene rings is 1. The first-order chi connectivity index (χ1) is 10.6. The van der Waals surface area contributed by atoms with Gasteiger partial charge in [-0.15, -0.1) is 0 Å². The monoisotopic (exact) mass is 304 g/mol. The van der Waals surface area contributed by atoms with Gasteiger partial charge in [0.15, 0.2) is 0 Å². The quantitative estimate of drug-likeness (QED) is 0.899. The topological polar surface area (TPSA) is 58.6 Å². The number of methoxy groups -OCH3 is 1. The highest BCUT2D eigenvalue weighted by molar-refractivity contribution is 5.79. The van der Waals surface area contributed by atoms with Crippen LogP contribution in [0, 0.1) is 5.92 Å². The molecule has 1 heterocycles. The summed E-state index contributed by atoms with van der Waals surface area (Å²) in [5, 5.41) is 3.00. The van der Waals surface area contributed by atoms with Crippen LogP contribution in [0.4, 0.5) is 0 Å². The Morgan fingerprint density at radius 1 is 1.32 bits per heavy atom. The number of ether oxygens (including phenoxy) is 1. The Hall–Kier alpha value is -2.04. The third-order valence-corrected chi connectivity index (χ3v) is 4.16. The van der Waals surface area contributed by atoms with E-state index in [-0.39, 0.29) is 17.7 Å². The molecule has 1 aliphatic heterocycles. The van der Waals surface area contributed by atoms with E-state index in [1.54, 1.807) is 18.9 Å². The highest BCUT2D eigenvalue weighted by atomic mass is 16.5. The van der Waals surface area contributed by atoms with Crippen LogP contribution in [-0.4, -0.2) is 43.5 Å². The summed E-state index contributed by atoms with van der Waals surface area (Å²) in [6.45, 7) is 3.57. The molecule has 0 saturated carbocycles. The average molecular weight is 304 g/mol. The number of likely N-dealkylation sites (tertiary alicyclic amines) is 1. The summed E-state index contributed by atoms with van der Waals surface area (Å²) in [6.07, 6.45) is 2.30. The molecule has 120 valence electrons. The molecule has 0 unspecified atom stereocenters. The van der Waals surface area contributed by atoms with E-state index < -0.39 is 0 Å². The molecule has 2 rings (SSSR count). The van der Waals surface area contributed by atoms with E-state index >= 15 is 0 Å². The van der Waals surface area contributed by atoms with Gasteiger partial charge in [-0.05, 0) is 37.0 Å². The van der Waals surface area contributed by atoms with Gasteiger partial charge in [0.1, 0.15) is 5.75 Å². The molecule has 1 aromatic carbocycles. The number of hydrogen-bond acceptors (Lipinski definition) is 3. The number of nitrogens with one attached hydrogen (secondary N) is 1. The third-order valence-electron chi connectivity index (χ3n) is 4.16. The molecule has 0 radical (unpaired) electrons. The number of carbonyl (C=O) groups is 2. The highest BCUT2D eigenvalue weighted by Crippen LogP contribution is 2.17. The van der Waals surface area contributed by atoms with Crippen molar-refractivity contribution in [2.45, 2.75) is 26.2 Å². The van der Waals surface area contributed by atoms with E-state index in [2.05, 4.69) is 5.32 Å². The molecule has 1 aromatic rings. The summed E-state index contributed by atoms with van der Waals surface area (Å²) in [5.41, 5.74) is 1.14. The molecule has 5 heteroatoms. The maximum atomic E-state index is 12.1. The van der Waals surface area contributed by atoms with Gasteiger partial charge in [-0.1, -0.05) is 12.1 Å². The lowest BCUT2D eigenvalue weighted by Gasteiger charge is -2.30. The lowest BCUT2D eigenvalue weighted by Crippen LogP contribution is -2.42. The number of rotatable bonds is 5. The molecule has 1 saturated heterocycles. The molecule has 1 aliphatic rings. The normalized spacial score (nSPS) is 15.5. The van der Waals surface area contributed by atoms with Crippen LogP contribution in [0.5, 0.6) is 5.75 Å². The fourth-order valence-corrected chi connectivity index (χ4v) is 2.76. The molecule has 0 aliphatic carbocycles. The molecule has 2 amide bonds. The molecular formula is C17H24N2O3. The minimum absolute atomic E-state index is 0.0286. The minimum Gasteiger partial charge on any atom is -0.497 e. The molecule has 0 spiro atoms. The van der Waals surface area contributed by atoms with Crippen molar-refractivity contribution in [2.75, 3.05) is 26.7 Å². The van der Waals surface area contributed by atoms with Crippen LogP contribution in [-0.2, 0) is 16.0 Å². The summed E-state index contributed by atoms with van der Waals surface area (Å²) in [4.78, 5) is 25.2. The summed E-state index contributed by atoms with van der Waals surface area (Å²) in [7, 11) is 1.65. The van der Waals surface area contributed by atoms with Crippen molar-refractivity contribution in [3.63, 3.8) is 0 Å². The lowest BCUT2D eigenvalue weighted by molar-refractivity contribution is -0.133. The zero-order valence-electron chi connectivity index (χ0n) is 13.3. The van der Waals surface area contributed by atoms with Crippen LogP contribution in [0.1, 0.15) is 25.3 Å². The second-order valence-corrected chi connectivity index (χ2v) is 5.67. The third kappa shape index (κ3) is 4.48. The molecule has 0 atom stereocenters. The maximum Gasteiger partial charge on any atom is 0.223 e. The Bertz CT molecular complexity index is 522. The van der Waals surface area contributed by atoms with Crippen molar-refractivity contribution in [1.82, 2.24) is 10.2 Å². The van der Waals surface area contributed by atoms with E-state index in [1.807, 2.05) is 24.3 Å². The van der Waals surface area contributed by atoms with Gasteiger partial charge in [0.2, 0.25) is 11.8 Å². The average Bonchev–Trinajstić information content (AvgIpc) is 2.55. The van der Waals surface area contributed by atoms with Crippen molar-refractivity contribution in [2.24, 2.45) is 5.92 Å². The van der Waals surface area contributed by atoms with E-state index in [9.17, 15) is 9.59 Å². The fraction of sp³-hybridized carbons (Fsp3) is 0.529. The zero-order chi connectivity index (χ0) is 15.9. The van der Waals surface area contributed by atoms with Crippen molar-refractivity contribution in [3.05, 3.63) is 29.8 Å². The second-order valence-electron chi connectivity index (χ2n) is 5.67. The number of nitrogens with zero attached hydrogens (tertiary/aromatic N) is 1. The van der Waals surface area contributed by atoms with Crippen LogP contribution in [0.2, 0.25) is 0 Å². The zero-order valence-corrected chi connectivity index (χ0v) is 13.3. The van der Waals surface area contributed by atoms with Crippen molar-refractivity contribution in [1.29, 1.82) is 0 Å². The van der Waals surface area contributed by atoms with Gasteiger partial charge in [0.05, 0.1) is 7.11 Å². The molecule has 1 fully saturated rings. The van der Waals surface area contributed by atoms with E-state index in [0.29, 0.717) is 19.6 Å². The predicted molar refractivity (Wildman–Crippen MR) is 84.7 cm³/mol. The molecule has 22 heavy (non-hydrogen) atoms. The van der Waals surface area contributed by atoms with Crippen LogP contribution in [0.3, 0.4) is 0 Å². The van der Waals surface area contributed by atoms with Crippen LogP contribution >= 0.6 is 0 Å². The maximum absolute atomic E-state index is 12.1. The minimum atomic E-state index is 0.0286. The number of carbonyl (C=O) groups excluding carboxylic acids is 2. The van der Waals surface area contributed by atoms with Crippen LogP contribution < -0.4 is 10.1 Å². The SMILES string of the molecule is COc1cccc(CCNC(=O)C2CCN(C(C)=O)CC2)c1. The molecule has 1 N–H and O–H groups in total. The summed E-state index contributed by atoms with van der Waals surface area (Å²) < 4.78 is 5.19. The molecule has 5 nitrogen and oxygen atoms in total. The standard InChI is InChI=1S/C17H24N2O3/c1-13(20)19-10-7-15(8-11-19)17(21)18-9-6-14-4-3-5-16(12-14)22-2/h3-5,12,15H,6-11H2,1-2H3,(H,18,21). The molecular weight excluding hydrogens is 280 g/mol. The Morgan fingerprint density at radius 2 is 2.05 bits per heavy atom. The van der Waals surface area contributed by atoms with Crippen LogP contribution in [0.15, 0.2) is 24.3 Å². The number of piperidine rings is 1. The summed E-state index contributed by atoms with van der Waals surface area (Å²) in [5.74, 6) is 1.06. The molecule has 0 aromatic heterocycles. The largest absolute Gasteiger partial charge is 0.497 e. The van der Waals surface area contributed by atoms with Gasteiger partial charge < -0.3 is 15.0 Å². The Kier molecular flexibility index (Phi) is 5.81. The Labute approximate surface area is 131 Å². The lowest BCUT2D eigenvalue weighted by atomic mass is 9.96. The van der Waals surface area contributed by atoms with Gasteiger partial charge in [-0.3, -0.25) is 9.59 Å².